The number of carbonyl (C=O) groups excluding carboxylic acids is 1. The van der Waals surface area contributed by atoms with Crippen molar-refractivity contribution in [3.63, 3.8) is 0 Å². The van der Waals surface area contributed by atoms with Crippen LogP contribution in [-0.4, -0.2) is 32.7 Å². The first-order chi connectivity index (χ1) is 9.31. The Bertz CT molecular complexity index is 612. The average Bonchev–Trinajstić information content (AvgIpc) is 2.75. The highest BCUT2D eigenvalue weighted by molar-refractivity contribution is 5.96. The fourth-order valence-electron chi connectivity index (χ4n) is 2.10. The molecule has 0 aromatic heterocycles. The van der Waals surface area contributed by atoms with Crippen molar-refractivity contribution >= 4 is 17.6 Å². The highest BCUT2D eigenvalue weighted by Gasteiger charge is 2.51. The number of carboxylic acid groups (broad SMARTS) is 1. The summed E-state index contributed by atoms with van der Waals surface area (Å²) in [6, 6.07) is 3.36. The number of hydrogen-bond acceptors (Lipinski definition) is 6. The number of carbonyl (C=O) groups is 2. The zero-order chi connectivity index (χ0) is 15.1. The molecule has 8 nitrogen and oxygen atoms in total. The highest BCUT2D eigenvalue weighted by atomic mass is 16.6. The first-order valence-electron chi connectivity index (χ1n) is 5.76. The molecule has 1 aliphatic heterocycles. The lowest BCUT2D eigenvalue weighted by atomic mass is 9.88. The Morgan fingerprint density at radius 2 is 2.20 bits per heavy atom. The molecule has 0 saturated carbocycles. The van der Waals surface area contributed by atoms with Gasteiger partial charge < -0.3 is 14.9 Å². The van der Waals surface area contributed by atoms with Gasteiger partial charge in [-0.3, -0.25) is 10.1 Å². The van der Waals surface area contributed by atoms with Crippen LogP contribution in [0.1, 0.15) is 35.4 Å². The molecule has 1 aromatic carbocycles. The fraction of sp³-hybridized carbons (Fsp3) is 0.333. The number of non-ortho nitro benzene ring substituents is 1. The van der Waals surface area contributed by atoms with E-state index in [1.807, 2.05) is 0 Å². The van der Waals surface area contributed by atoms with Crippen molar-refractivity contribution in [3.05, 3.63) is 39.4 Å². The van der Waals surface area contributed by atoms with Gasteiger partial charge in [0.2, 0.25) is 5.60 Å². The summed E-state index contributed by atoms with van der Waals surface area (Å²) in [5.74, 6) is -2.37. The third-order valence-corrected chi connectivity index (χ3v) is 3.32. The van der Waals surface area contributed by atoms with Crippen LogP contribution in [0.5, 0.6) is 0 Å². The summed E-state index contributed by atoms with van der Waals surface area (Å²) >= 11 is 0. The molecule has 0 saturated heterocycles. The number of rotatable bonds is 4. The first kappa shape index (κ1) is 13.9. The maximum Gasteiger partial charge on any atom is 0.340 e. The molecule has 0 amide bonds. The van der Waals surface area contributed by atoms with Crippen molar-refractivity contribution in [1.29, 1.82) is 0 Å². The number of nitrogens with zero attached hydrogens (tertiary/aromatic N) is 1. The summed E-state index contributed by atoms with van der Waals surface area (Å²) in [5, 5.41) is 30.0. The molecule has 1 aliphatic rings. The minimum atomic E-state index is -2.32. The zero-order valence-electron chi connectivity index (χ0n) is 10.4. The van der Waals surface area contributed by atoms with Gasteiger partial charge in [-0.2, -0.15) is 0 Å². The van der Waals surface area contributed by atoms with Gasteiger partial charge in [-0.05, 0) is 12.5 Å². The van der Waals surface area contributed by atoms with E-state index in [9.17, 15) is 24.8 Å². The Morgan fingerprint density at radius 1 is 1.55 bits per heavy atom. The number of nitro benzene ring substituents is 1. The number of aliphatic hydroxyl groups is 1. The average molecular weight is 281 g/mol. The molecular formula is C12H11NO7. The largest absolute Gasteiger partial charge is 0.479 e. The van der Waals surface area contributed by atoms with Crippen molar-refractivity contribution in [2.24, 2.45) is 0 Å². The Balaban J connectivity index is 2.58. The predicted octanol–water partition coefficient (Wildman–Crippen LogP) is 1.03. The lowest BCUT2D eigenvalue weighted by Crippen LogP contribution is -2.44. The summed E-state index contributed by atoms with van der Waals surface area (Å²) in [6.07, 6.45) is -1.69. The molecule has 0 radical (unpaired) electrons. The van der Waals surface area contributed by atoms with Crippen LogP contribution in [0.4, 0.5) is 5.69 Å². The summed E-state index contributed by atoms with van der Waals surface area (Å²) in [4.78, 5) is 32.9. The second-order valence-corrected chi connectivity index (χ2v) is 4.40. The van der Waals surface area contributed by atoms with Gasteiger partial charge in [-0.25, -0.2) is 9.59 Å². The van der Waals surface area contributed by atoms with Crippen LogP contribution >= 0.6 is 0 Å². The maximum atomic E-state index is 11.6. The van der Waals surface area contributed by atoms with E-state index in [1.165, 1.54) is 13.0 Å². The zero-order valence-corrected chi connectivity index (χ0v) is 10.4. The van der Waals surface area contributed by atoms with E-state index in [0.29, 0.717) is 0 Å². The van der Waals surface area contributed by atoms with E-state index in [0.717, 1.165) is 12.1 Å². The Labute approximate surface area is 112 Å². The molecular weight excluding hydrogens is 270 g/mol. The molecule has 2 atom stereocenters. The van der Waals surface area contributed by atoms with Gasteiger partial charge in [0, 0.05) is 17.7 Å². The Hall–Kier alpha value is -2.48. The van der Waals surface area contributed by atoms with Crippen LogP contribution in [0, 0.1) is 10.1 Å². The number of hydrogen-bond donors (Lipinski definition) is 2. The van der Waals surface area contributed by atoms with Crippen LogP contribution in [0.15, 0.2) is 18.2 Å². The maximum absolute atomic E-state index is 11.6. The molecule has 0 aliphatic carbocycles. The number of cyclic esters (lactones) is 1. The molecule has 1 heterocycles. The van der Waals surface area contributed by atoms with E-state index >= 15 is 0 Å². The number of ether oxygens (including phenoxy) is 1. The summed E-state index contributed by atoms with van der Waals surface area (Å²) in [5.41, 5.74) is -2.60. The van der Waals surface area contributed by atoms with Crippen LogP contribution in [0.25, 0.3) is 0 Å². The van der Waals surface area contributed by atoms with Gasteiger partial charge in [0.05, 0.1) is 10.5 Å². The molecule has 0 spiro atoms. The van der Waals surface area contributed by atoms with Crippen molar-refractivity contribution in [3.8, 4) is 0 Å². The van der Waals surface area contributed by atoms with E-state index in [-0.39, 0.29) is 23.2 Å². The van der Waals surface area contributed by atoms with Crippen LogP contribution in [0.2, 0.25) is 0 Å². The van der Waals surface area contributed by atoms with E-state index in [4.69, 9.17) is 9.84 Å². The van der Waals surface area contributed by atoms with Gasteiger partial charge in [0.1, 0.15) is 0 Å². The minimum absolute atomic E-state index is 0.0101. The number of fused-ring (bicyclic) bond motifs is 1. The SMILES string of the molecule is CCC(O)(C(=O)O)[C@@H]1OC(=O)c2ccc([N+](=O)[O-])cc21. The molecule has 8 heteroatoms. The van der Waals surface area contributed by atoms with Crippen LogP contribution in [-0.2, 0) is 9.53 Å². The number of carboxylic acids is 1. The van der Waals surface area contributed by atoms with Crippen LogP contribution < -0.4 is 0 Å². The fourth-order valence-corrected chi connectivity index (χ4v) is 2.10. The Kier molecular flexibility index (Phi) is 3.18. The van der Waals surface area contributed by atoms with Crippen molar-refractivity contribution < 1.29 is 29.5 Å². The second-order valence-electron chi connectivity index (χ2n) is 4.40. The summed E-state index contributed by atoms with van der Waals surface area (Å²) in [6.45, 7) is 1.41. The molecule has 106 valence electrons. The van der Waals surface area contributed by atoms with Gasteiger partial charge in [-0.15, -0.1) is 0 Å². The standard InChI is InChI=1S/C12H11NO7/c1-2-12(17,11(15)16)9-8-5-6(13(18)19)3-4-7(8)10(14)20-9/h3-5,9,17H,2H2,1H3,(H,15,16)/t9-,12?/m1/s1. The normalized spacial score (nSPS) is 19.9. The van der Waals surface area contributed by atoms with Gasteiger partial charge in [-0.1, -0.05) is 6.92 Å². The smallest absolute Gasteiger partial charge is 0.340 e. The topological polar surface area (TPSA) is 127 Å². The third kappa shape index (κ3) is 1.90. The third-order valence-electron chi connectivity index (χ3n) is 3.32. The molecule has 0 bridgehead atoms. The second kappa shape index (κ2) is 4.57. The van der Waals surface area contributed by atoms with Crippen molar-refractivity contribution in [2.45, 2.75) is 25.0 Å². The van der Waals surface area contributed by atoms with Crippen LogP contribution in [0.3, 0.4) is 0 Å². The first-order valence-corrected chi connectivity index (χ1v) is 5.76. The van der Waals surface area contributed by atoms with Gasteiger partial charge in [0.25, 0.3) is 5.69 Å². The lowest BCUT2D eigenvalue weighted by Gasteiger charge is -2.27. The Morgan fingerprint density at radius 3 is 2.70 bits per heavy atom. The summed E-state index contributed by atoms with van der Waals surface area (Å²) < 4.78 is 4.89. The molecule has 0 fully saturated rings. The molecule has 2 N–H and O–H groups in total. The van der Waals surface area contributed by atoms with Crippen molar-refractivity contribution in [2.75, 3.05) is 0 Å². The number of esters is 1. The van der Waals surface area contributed by atoms with Crippen molar-refractivity contribution in [1.82, 2.24) is 0 Å². The lowest BCUT2D eigenvalue weighted by molar-refractivity contribution is -0.385. The molecule has 20 heavy (non-hydrogen) atoms. The number of nitro groups is 1. The van der Waals surface area contributed by atoms with Gasteiger partial charge in [0.15, 0.2) is 6.10 Å². The molecule has 1 aromatic rings. The molecule has 2 rings (SSSR count). The minimum Gasteiger partial charge on any atom is -0.479 e. The number of benzene rings is 1. The monoisotopic (exact) mass is 281 g/mol. The molecule has 1 unspecified atom stereocenters. The van der Waals surface area contributed by atoms with E-state index in [1.54, 1.807) is 0 Å². The highest BCUT2D eigenvalue weighted by Crippen LogP contribution is 2.41. The predicted molar refractivity (Wildman–Crippen MR) is 64.1 cm³/mol. The van der Waals surface area contributed by atoms with E-state index in [2.05, 4.69) is 0 Å². The van der Waals surface area contributed by atoms with Gasteiger partial charge >= 0.3 is 11.9 Å². The number of aliphatic carboxylic acids is 1. The quantitative estimate of drug-likeness (QED) is 0.479. The van der Waals surface area contributed by atoms with E-state index < -0.39 is 28.6 Å². The summed E-state index contributed by atoms with van der Waals surface area (Å²) in [7, 11) is 0.